The van der Waals surface area contributed by atoms with Gasteiger partial charge in [-0.1, -0.05) is 30.3 Å². The van der Waals surface area contributed by atoms with E-state index in [2.05, 4.69) is 27.4 Å². The fourth-order valence-corrected chi connectivity index (χ4v) is 3.00. The SMILES string of the molecule is Cc1cnn(CCCNC(=O)[C@H]2CN(Cc3ccccc3)CCO2)c1. The van der Waals surface area contributed by atoms with Gasteiger partial charge in [0.2, 0.25) is 5.91 Å². The van der Waals surface area contributed by atoms with E-state index in [9.17, 15) is 4.79 Å². The molecule has 1 aromatic carbocycles. The Morgan fingerprint density at radius 1 is 1.36 bits per heavy atom. The molecule has 0 unspecified atom stereocenters. The van der Waals surface area contributed by atoms with Gasteiger partial charge in [0.1, 0.15) is 6.10 Å². The molecular formula is C19H26N4O2. The zero-order chi connectivity index (χ0) is 17.5. The predicted molar refractivity (Wildman–Crippen MR) is 96.0 cm³/mol. The quantitative estimate of drug-likeness (QED) is 0.777. The highest BCUT2D eigenvalue weighted by Crippen LogP contribution is 2.10. The molecule has 25 heavy (non-hydrogen) atoms. The van der Waals surface area contributed by atoms with E-state index in [0.29, 0.717) is 19.7 Å². The molecule has 6 nitrogen and oxygen atoms in total. The molecule has 1 fully saturated rings. The van der Waals surface area contributed by atoms with E-state index in [1.807, 2.05) is 42.2 Å². The first kappa shape index (κ1) is 17.6. The third kappa shape index (κ3) is 5.41. The third-order valence-corrected chi connectivity index (χ3v) is 4.32. The highest BCUT2D eigenvalue weighted by Gasteiger charge is 2.26. The minimum atomic E-state index is -0.385. The first-order chi connectivity index (χ1) is 12.2. The third-order valence-electron chi connectivity index (χ3n) is 4.32. The van der Waals surface area contributed by atoms with Crippen molar-refractivity contribution < 1.29 is 9.53 Å². The van der Waals surface area contributed by atoms with E-state index < -0.39 is 0 Å². The second-order valence-corrected chi connectivity index (χ2v) is 6.51. The molecule has 1 aromatic heterocycles. The fourth-order valence-electron chi connectivity index (χ4n) is 3.00. The number of nitrogens with zero attached hydrogens (tertiary/aromatic N) is 3. The van der Waals surface area contributed by atoms with Crippen LogP contribution in [0.3, 0.4) is 0 Å². The summed E-state index contributed by atoms with van der Waals surface area (Å²) >= 11 is 0. The summed E-state index contributed by atoms with van der Waals surface area (Å²) in [5, 5.41) is 7.23. The van der Waals surface area contributed by atoms with Crippen molar-refractivity contribution in [1.82, 2.24) is 20.0 Å². The average Bonchev–Trinajstić information content (AvgIpc) is 3.05. The van der Waals surface area contributed by atoms with Crippen molar-refractivity contribution in [3.8, 4) is 0 Å². The van der Waals surface area contributed by atoms with Crippen LogP contribution in [0.25, 0.3) is 0 Å². The van der Waals surface area contributed by atoms with Crippen LogP contribution in [0.5, 0.6) is 0 Å². The number of carbonyl (C=O) groups excluding carboxylic acids is 1. The molecule has 0 saturated carbocycles. The van der Waals surface area contributed by atoms with E-state index in [0.717, 1.165) is 31.6 Å². The van der Waals surface area contributed by atoms with Crippen LogP contribution in [0.15, 0.2) is 42.7 Å². The lowest BCUT2D eigenvalue weighted by atomic mass is 10.2. The highest BCUT2D eigenvalue weighted by atomic mass is 16.5. The fraction of sp³-hybridized carbons (Fsp3) is 0.474. The van der Waals surface area contributed by atoms with Gasteiger partial charge in [-0.2, -0.15) is 5.10 Å². The normalized spacial score (nSPS) is 18.2. The van der Waals surface area contributed by atoms with Gasteiger partial charge in [0.25, 0.3) is 0 Å². The Labute approximate surface area is 148 Å². The van der Waals surface area contributed by atoms with Crippen molar-refractivity contribution in [2.75, 3.05) is 26.2 Å². The van der Waals surface area contributed by atoms with Crippen LogP contribution < -0.4 is 5.32 Å². The van der Waals surface area contributed by atoms with E-state index >= 15 is 0 Å². The first-order valence-electron chi connectivity index (χ1n) is 8.85. The summed E-state index contributed by atoms with van der Waals surface area (Å²) < 4.78 is 7.56. The zero-order valence-electron chi connectivity index (χ0n) is 14.7. The molecule has 1 saturated heterocycles. The van der Waals surface area contributed by atoms with Gasteiger partial charge in [-0.05, 0) is 24.5 Å². The van der Waals surface area contributed by atoms with Gasteiger partial charge in [0.15, 0.2) is 0 Å². The van der Waals surface area contributed by atoms with Crippen molar-refractivity contribution >= 4 is 5.91 Å². The first-order valence-corrected chi connectivity index (χ1v) is 8.85. The minimum Gasteiger partial charge on any atom is -0.366 e. The number of hydrogen-bond donors (Lipinski definition) is 1. The highest BCUT2D eigenvalue weighted by molar-refractivity contribution is 5.81. The number of rotatable bonds is 7. The molecule has 6 heteroatoms. The van der Waals surface area contributed by atoms with Crippen molar-refractivity contribution in [1.29, 1.82) is 0 Å². The van der Waals surface area contributed by atoms with Crippen LogP contribution in [0.2, 0.25) is 0 Å². The molecule has 134 valence electrons. The maximum absolute atomic E-state index is 12.3. The van der Waals surface area contributed by atoms with Crippen LogP contribution in [-0.2, 0) is 22.6 Å². The lowest BCUT2D eigenvalue weighted by Crippen LogP contribution is -2.49. The Hall–Kier alpha value is -2.18. The molecule has 1 amide bonds. The van der Waals surface area contributed by atoms with Crippen LogP contribution in [-0.4, -0.2) is 52.9 Å². The number of benzene rings is 1. The van der Waals surface area contributed by atoms with Crippen LogP contribution in [0.1, 0.15) is 17.5 Å². The standard InChI is InChI=1S/C19H26N4O2/c1-16-12-21-23(13-16)9-5-8-20-19(24)18-15-22(10-11-25-18)14-17-6-3-2-4-7-17/h2-4,6-7,12-13,18H,5,8-11,14-15H2,1H3,(H,20,24)/t18-/m1/s1. The maximum Gasteiger partial charge on any atom is 0.250 e. The van der Waals surface area contributed by atoms with Gasteiger partial charge in [-0.3, -0.25) is 14.4 Å². The lowest BCUT2D eigenvalue weighted by Gasteiger charge is -2.32. The molecular weight excluding hydrogens is 316 g/mol. The number of aromatic nitrogens is 2. The average molecular weight is 342 g/mol. The minimum absolute atomic E-state index is 0.0191. The van der Waals surface area contributed by atoms with Crippen LogP contribution >= 0.6 is 0 Å². The molecule has 3 rings (SSSR count). The summed E-state index contributed by atoms with van der Waals surface area (Å²) in [6, 6.07) is 10.3. The van der Waals surface area contributed by atoms with Gasteiger partial charge in [0, 0.05) is 38.9 Å². The molecule has 1 aliphatic heterocycles. The Morgan fingerprint density at radius 2 is 2.20 bits per heavy atom. The van der Waals surface area contributed by atoms with Crippen LogP contribution in [0, 0.1) is 6.92 Å². The summed E-state index contributed by atoms with van der Waals surface area (Å²) in [5.41, 5.74) is 2.41. The van der Waals surface area contributed by atoms with E-state index in [1.54, 1.807) is 0 Å². The van der Waals surface area contributed by atoms with Gasteiger partial charge < -0.3 is 10.1 Å². The lowest BCUT2D eigenvalue weighted by molar-refractivity contribution is -0.138. The van der Waals surface area contributed by atoms with Crippen molar-refractivity contribution in [2.45, 2.75) is 32.5 Å². The summed E-state index contributed by atoms with van der Waals surface area (Å²) in [4.78, 5) is 14.6. The molecule has 2 heterocycles. The van der Waals surface area contributed by atoms with Gasteiger partial charge in [-0.25, -0.2) is 0 Å². The number of morpholine rings is 1. The summed E-state index contributed by atoms with van der Waals surface area (Å²) in [5.74, 6) is -0.0191. The molecule has 1 atom stereocenters. The number of ether oxygens (including phenoxy) is 1. The smallest absolute Gasteiger partial charge is 0.250 e. The Morgan fingerprint density at radius 3 is 2.96 bits per heavy atom. The zero-order valence-corrected chi connectivity index (χ0v) is 14.7. The van der Waals surface area contributed by atoms with E-state index in [1.165, 1.54) is 5.56 Å². The van der Waals surface area contributed by atoms with Gasteiger partial charge in [0.05, 0.1) is 12.8 Å². The summed E-state index contributed by atoms with van der Waals surface area (Å²) in [6.07, 6.45) is 4.32. The molecule has 1 aliphatic rings. The monoisotopic (exact) mass is 342 g/mol. The Bertz CT molecular complexity index is 671. The molecule has 0 aliphatic carbocycles. The molecule has 0 spiro atoms. The van der Waals surface area contributed by atoms with Crippen molar-refractivity contribution in [3.05, 3.63) is 53.9 Å². The van der Waals surface area contributed by atoms with Crippen molar-refractivity contribution in [2.24, 2.45) is 0 Å². The molecule has 0 radical (unpaired) electrons. The predicted octanol–water partition coefficient (Wildman–Crippen LogP) is 1.60. The topological polar surface area (TPSA) is 59.4 Å². The van der Waals surface area contributed by atoms with Gasteiger partial charge >= 0.3 is 0 Å². The number of nitrogens with one attached hydrogen (secondary N) is 1. The molecule has 1 N–H and O–H groups in total. The summed E-state index contributed by atoms with van der Waals surface area (Å²) in [7, 11) is 0. The number of hydrogen-bond acceptors (Lipinski definition) is 4. The van der Waals surface area contributed by atoms with Gasteiger partial charge in [-0.15, -0.1) is 0 Å². The van der Waals surface area contributed by atoms with Crippen LogP contribution in [0.4, 0.5) is 0 Å². The largest absolute Gasteiger partial charge is 0.366 e. The van der Waals surface area contributed by atoms with E-state index in [-0.39, 0.29) is 12.0 Å². The van der Waals surface area contributed by atoms with E-state index in [4.69, 9.17) is 4.74 Å². The number of aryl methyl sites for hydroxylation is 2. The summed E-state index contributed by atoms with van der Waals surface area (Å²) in [6.45, 7) is 6.41. The molecule has 0 bridgehead atoms. The second kappa shape index (κ2) is 8.78. The maximum atomic E-state index is 12.3. The number of amides is 1. The number of carbonyl (C=O) groups is 1. The Balaban J connectivity index is 1.39. The second-order valence-electron chi connectivity index (χ2n) is 6.51. The Kier molecular flexibility index (Phi) is 6.19. The molecule has 2 aromatic rings. The van der Waals surface area contributed by atoms with Crippen molar-refractivity contribution in [3.63, 3.8) is 0 Å².